The maximum Gasteiger partial charge on any atom is 0.335 e. The molecule has 0 spiro atoms. The number of phenols is 1. The summed E-state index contributed by atoms with van der Waals surface area (Å²) in [6.07, 6.45) is 1.32. The van der Waals surface area contributed by atoms with E-state index in [-0.39, 0.29) is 11.3 Å². The fraction of sp³-hybridized carbons (Fsp3) is 0.105. The predicted octanol–water partition coefficient (Wildman–Crippen LogP) is 2.46. The van der Waals surface area contributed by atoms with Gasteiger partial charge < -0.3 is 9.84 Å². The number of barbiturate groups is 1. The first-order valence-corrected chi connectivity index (χ1v) is 7.93. The number of nitrogens with one attached hydrogen (secondary N) is 1. The molecule has 0 radical (unpaired) electrons. The molecule has 7 nitrogen and oxygen atoms in total. The lowest BCUT2D eigenvalue weighted by Gasteiger charge is -2.26. The van der Waals surface area contributed by atoms with Crippen molar-refractivity contribution in [1.29, 1.82) is 0 Å². The number of carbonyl (C=O) groups is 3. The van der Waals surface area contributed by atoms with Crippen LogP contribution in [0, 0.1) is 0 Å². The number of rotatable bonds is 4. The van der Waals surface area contributed by atoms with E-state index in [0.29, 0.717) is 23.6 Å². The lowest BCUT2D eigenvalue weighted by atomic mass is 10.1. The lowest BCUT2D eigenvalue weighted by molar-refractivity contribution is -0.122. The van der Waals surface area contributed by atoms with Crippen LogP contribution in [0.5, 0.6) is 11.5 Å². The van der Waals surface area contributed by atoms with E-state index in [0.717, 1.165) is 4.90 Å². The highest BCUT2D eigenvalue weighted by atomic mass is 16.5. The van der Waals surface area contributed by atoms with Crippen molar-refractivity contribution in [3.8, 4) is 11.5 Å². The topological polar surface area (TPSA) is 95.9 Å². The summed E-state index contributed by atoms with van der Waals surface area (Å²) in [4.78, 5) is 37.9. The molecule has 4 amide bonds. The minimum atomic E-state index is -0.822. The Morgan fingerprint density at radius 2 is 1.85 bits per heavy atom. The Kier molecular flexibility index (Phi) is 4.70. The number of phenolic OH excluding ortho intramolecular Hbond substituents is 1. The maximum absolute atomic E-state index is 12.7. The van der Waals surface area contributed by atoms with Gasteiger partial charge in [0.1, 0.15) is 17.1 Å². The number of imide groups is 2. The van der Waals surface area contributed by atoms with Gasteiger partial charge in [0.15, 0.2) is 0 Å². The van der Waals surface area contributed by atoms with E-state index in [9.17, 15) is 19.5 Å². The fourth-order valence-corrected chi connectivity index (χ4v) is 2.53. The number of anilines is 1. The number of nitrogens with zero attached hydrogens (tertiary/aromatic N) is 1. The zero-order chi connectivity index (χ0) is 18.7. The van der Waals surface area contributed by atoms with Crippen LogP contribution in [-0.2, 0) is 9.59 Å². The SMILES string of the molecule is CCOc1ccc(N2C(=O)NC(=O)C(=Cc3cccc(O)c3)C2=O)cc1. The second kappa shape index (κ2) is 7.10. The Balaban J connectivity index is 1.95. The molecule has 1 aliphatic heterocycles. The van der Waals surface area contributed by atoms with Gasteiger partial charge in [-0.15, -0.1) is 0 Å². The molecule has 1 saturated heterocycles. The molecule has 0 bridgehead atoms. The molecule has 1 aliphatic rings. The van der Waals surface area contributed by atoms with Crippen molar-refractivity contribution in [2.45, 2.75) is 6.92 Å². The molecular formula is C19H16N2O5. The van der Waals surface area contributed by atoms with Crippen LogP contribution < -0.4 is 15.0 Å². The summed E-state index contributed by atoms with van der Waals surface area (Å²) in [5, 5.41) is 11.7. The van der Waals surface area contributed by atoms with E-state index in [1.165, 1.54) is 18.2 Å². The standard InChI is InChI=1S/C19H16N2O5/c1-2-26-15-8-6-13(7-9-15)21-18(24)16(17(23)20-19(21)25)11-12-4-3-5-14(22)10-12/h3-11,22H,2H2,1H3,(H,20,23,25). The molecule has 7 heteroatoms. The van der Waals surface area contributed by atoms with Crippen molar-refractivity contribution in [1.82, 2.24) is 5.32 Å². The van der Waals surface area contributed by atoms with Gasteiger partial charge in [0.25, 0.3) is 11.8 Å². The third-order valence-electron chi connectivity index (χ3n) is 3.69. The molecule has 3 rings (SSSR count). The highest BCUT2D eigenvalue weighted by Crippen LogP contribution is 2.24. The number of amides is 4. The number of urea groups is 1. The normalized spacial score (nSPS) is 16.0. The van der Waals surface area contributed by atoms with Gasteiger partial charge in [-0.3, -0.25) is 14.9 Å². The summed E-state index contributed by atoms with van der Waals surface area (Å²) in [6, 6.07) is 11.7. The van der Waals surface area contributed by atoms with Crippen LogP contribution in [0.2, 0.25) is 0 Å². The Morgan fingerprint density at radius 3 is 2.50 bits per heavy atom. The largest absolute Gasteiger partial charge is 0.508 e. The zero-order valence-corrected chi connectivity index (χ0v) is 13.9. The molecule has 132 valence electrons. The first-order chi connectivity index (χ1) is 12.5. The molecule has 26 heavy (non-hydrogen) atoms. The molecule has 0 saturated carbocycles. The summed E-state index contributed by atoms with van der Waals surface area (Å²) in [7, 11) is 0. The minimum absolute atomic E-state index is 0.00228. The average Bonchev–Trinajstić information content (AvgIpc) is 2.60. The van der Waals surface area contributed by atoms with Crippen LogP contribution in [0.4, 0.5) is 10.5 Å². The Labute approximate surface area is 149 Å². The smallest absolute Gasteiger partial charge is 0.335 e. The van der Waals surface area contributed by atoms with Crippen molar-refractivity contribution < 1.29 is 24.2 Å². The van der Waals surface area contributed by atoms with E-state index in [2.05, 4.69) is 5.32 Å². The van der Waals surface area contributed by atoms with Gasteiger partial charge in [0.05, 0.1) is 12.3 Å². The van der Waals surface area contributed by atoms with Gasteiger partial charge >= 0.3 is 6.03 Å². The highest BCUT2D eigenvalue weighted by molar-refractivity contribution is 6.39. The van der Waals surface area contributed by atoms with Crippen LogP contribution >= 0.6 is 0 Å². The molecule has 0 aromatic heterocycles. The summed E-state index contributed by atoms with van der Waals surface area (Å²) in [5.74, 6) is -0.924. The molecule has 2 aromatic rings. The Morgan fingerprint density at radius 1 is 1.12 bits per heavy atom. The third-order valence-corrected chi connectivity index (χ3v) is 3.69. The van der Waals surface area contributed by atoms with Gasteiger partial charge in [-0.25, -0.2) is 9.69 Å². The number of hydrogen-bond acceptors (Lipinski definition) is 5. The van der Waals surface area contributed by atoms with E-state index in [1.807, 2.05) is 6.92 Å². The van der Waals surface area contributed by atoms with Crippen molar-refractivity contribution in [3.63, 3.8) is 0 Å². The number of ether oxygens (including phenoxy) is 1. The van der Waals surface area contributed by atoms with Crippen molar-refractivity contribution >= 4 is 29.6 Å². The minimum Gasteiger partial charge on any atom is -0.508 e. The van der Waals surface area contributed by atoms with Crippen molar-refractivity contribution in [2.24, 2.45) is 0 Å². The Bertz CT molecular complexity index is 902. The van der Waals surface area contributed by atoms with Gasteiger partial charge in [-0.05, 0) is 55.0 Å². The van der Waals surface area contributed by atoms with E-state index in [1.54, 1.807) is 36.4 Å². The number of carbonyl (C=O) groups excluding carboxylic acids is 3. The van der Waals surface area contributed by atoms with Crippen LogP contribution in [0.3, 0.4) is 0 Å². The van der Waals surface area contributed by atoms with Gasteiger partial charge in [0, 0.05) is 0 Å². The molecule has 2 aromatic carbocycles. The first-order valence-electron chi connectivity index (χ1n) is 7.93. The number of hydrogen-bond donors (Lipinski definition) is 2. The monoisotopic (exact) mass is 352 g/mol. The van der Waals surface area contributed by atoms with Crippen LogP contribution in [-0.4, -0.2) is 29.6 Å². The first kappa shape index (κ1) is 17.2. The molecule has 1 heterocycles. The lowest BCUT2D eigenvalue weighted by Crippen LogP contribution is -2.54. The summed E-state index contributed by atoms with van der Waals surface area (Å²) in [6.45, 7) is 2.34. The van der Waals surface area contributed by atoms with Gasteiger partial charge in [-0.2, -0.15) is 0 Å². The van der Waals surface area contributed by atoms with Gasteiger partial charge in [0.2, 0.25) is 0 Å². The molecular weight excluding hydrogens is 336 g/mol. The van der Waals surface area contributed by atoms with E-state index in [4.69, 9.17) is 4.74 Å². The summed E-state index contributed by atoms with van der Waals surface area (Å²) in [5.41, 5.74) is 0.568. The second-order valence-electron chi connectivity index (χ2n) is 5.48. The molecule has 1 fully saturated rings. The summed E-state index contributed by atoms with van der Waals surface area (Å²) >= 11 is 0. The average molecular weight is 352 g/mol. The maximum atomic E-state index is 12.7. The van der Waals surface area contributed by atoms with E-state index < -0.39 is 17.8 Å². The van der Waals surface area contributed by atoms with Crippen molar-refractivity contribution in [3.05, 3.63) is 59.7 Å². The second-order valence-corrected chi connectivity index (χ2v) is 5.48. The fourth-order valence-electron chi connectivity index (χ4n) is 2.53. The summed E-state index contributed by atoms with van der Waals surface area (Å²) < 4.78 is 5.34. The third kappa shape index (κ3) is 3.41. The van der Waals surface area contributed by atoms with Crippen molar-refractivity contribution in [2.75, 3.05) is 11.5 Å². The Hall–Kier alpha value is -3.61. The zero-order valence-electron chi connectivity index (χ0n) is 13.9. The van der Waals surface area contributed by atoms with Crippen LogP contribution in [0.25, 0.3) is 6.08 Å². The van der Waals surface area contributed by atoms with Crippen LogP contribution in [0.1, 0.15) is 12.5 Å². The number of aromatic hydroxyl groups is 1. The molecule has 0 atom stereocenters. The molecule has 0 aliphatic carbocycles. The van der Waals surface area contributed by atoms with Gasteiger partial charge in [-0.1, -0.05) is 12.1 Å². The van der Waals surface area contributed by atoms with Crippen LogP contribution in [0.15, 0.2) is 54.1 Å². The van der Waals surface area contributed by atoms with E-state index >= 15 is 0 Å². The molecule has 0 unspecified atom stereocenters. The number of benzene rings is 2. The quantitative estimate of drug-likeness (QED) is 0.651. The molecule has 2 N–H and O–H groups in total. The highest BCUT2D eigenvalue weighted by Gasteiger charge is 2.36. The predicted molar refractivity (Wildman–Crippen MR) is 94.7 cm³/mol.